The lowest BCUT2D eigenvalue weighted by atomic mass is 10.1. The van der Waals surface area contributed by atoms with Crippen molar-refractivity contribution in [3.05, 3.63) is 54.0 Å². The second kappa shape index (κ2) is 6.49. The number of aryl methyl sites for hydroxylation is 1. The number of carbonyl (C=O) groups is 1. The van der Waals surface area contributed by atoms with Gasteiger partial charge >= 0.3 is 0 Å². The zero-order valence-electron chi connectivity index (χ0n) is 13.6. The second-order valence-corrected chi connectivity index (χ2v) is 5.10. The summed E-state index contributed by atoms with van der Waals surface area (Å²) in [6.45, 7) is 1.73. The zero-order valence-corrected chi connectivity index (χ0v) is 13.6. The molecule has 0 N–H and O–H groups in total. The van der Waals surface area contributed by atoms with Gasteiger partial charge in [-0.3, -0.25) is 4.79 Å². The minimum Gasteiger partial charge on any atom is -0.480 e. The average molecular weight is 324 g/mol. The second-order valence-electron chi connectivity index (χ2n) is 5.10. The molecule has 1 aromatic carbocycles. The van der Waals surface area contributed by atoms with Gasteiger partial charge in [-0.2, -0.15) is 0 Å². The SMILES string of the molecule is COc1ncccc1N(C)C(=O)c1ccc(-c2nnc(C)o2)cc1. The average Bonchev–Trinajstić information content (AvgIpc) is 3.07. The van der Waals surface area contributed by atoms with Crippen LogP contribution in [0.5, 0.6) is 5.88 Å². The van der Waals surface area contributed by atoms with Crippen LogP contribution in [0.4, 0.5) is 5.69 Å². The summed E-state index contributed by atoms with van der Waals surface area (Å²) >= 11 is 0. The Morgan fingerprint density at radius 1 is 1.17 bits per heavy atom. The highest BCUT2D eigenvalue weighted by molar-refractivity contribution is 6.06. The van der Waals surface area contributed by atoms with Crippen molar-refractivity contribution in [2.45, 2.75) is 6.92 Å². The van der Waals surface area contributed by atoms with E-state index < -0.39 is 0 Å². The van der Waals surface area contributed by atoms with Crippen molar-refractivity contribution in [3.63, 3.8) is 0 Å². The highest BCUT2D eigenvalue weighted by atomic mass is 16.5. The number of ether oxygens (including phenoxy) is 1. The molecule has 24 heavy (non-hydrogen) atoms. The molecular weight excluding hydrogens is 308 g/mol. The summed E-state index contributed by atoms with van der Waals surface area (Å²) in [4.78, 5) is 18.3. The molecule has 0 spiro atoms. The Hall–Kier alpha value is -3.22. The quantitative estimate of drug-likeness (QED) is 0.734. The Balaban J connectivity index is 1.84. The smallest absolute Gasteiger partial charge is 0.258 e. The van der Waals surface area contributed by atoms with Crippen LogP contribution in [0.3, 0.4) is 0 Å². The van der Waals surface area contributed by atoms with Crippen LogP contribution in [-0.2, 0) is 0 Å². The highest BCUT2D eigenvalue weighted by Crippen LogP contribution is 2.26. The van der Waals surface area contributed by atoms with Gasteiger partial charge < -0.3 is 14.1 Å². The standard InChI is InChI=1S/C17H16N4O3/c1-11-19-20-15(24-11)12-6-8-13(9-7-12)17(22)21(2)14-5-4-10-18-16(14)23-3/h4-10H,1-3H3. The van der Waals surface area contributed by atoms with E-state index in [4.69, 9.17) is 9.15 Å². The molecule has 0 saturated carbocycles. The van der Waals surface area contributed by atoms with E-state index in [0.29, 0.717) is 28.9 Å². The van der Waals surface area contributed by atoms with Gasteiger partial charge in [-0.1, -0.05) is 0 Å². The Kier molecular flexibility index (Phi) is 4.24. The number of carbonyl (C=O) groups excluding carboxylic acids is 1. The molecule has 0 unspecified atom stereocenters. The molecule has 0 aliphatic carbocycles. The van der Waals surface area contributed by atoms with Crippen LogP contribution < -0.4 is 9.64 Å². The molecule has 0 fully saturated rings. The van der Waals surface area contributed by atoms with E-state index in [-0.39, 0.29) is 5.91 Å². The minimum atomic E-state index is -0.172. The molecule has 0 aliphatic heterocycles. The maximum atomic E-state index is 12.7. The third-order valence-corrected chi connectivity index (χ3v) is 3.52. The van der Waals surface area contributed by atoms with Crippen molar-refractivity contribution in [2.24, 2.45) is 0 Å². The van der Waals surface area contributed by atoms with Crippen LogP contribution in [0.25, 0.3) is 11.5 Å². The molecule has 7 heteroatoms. The highest BCUT2D eigenvalue weighted by Gasteiger charge is 2.18. The van der Waals surface area contributed by atoms with Gasteiger partial charge in [0.15, 0.2) is 0 Å². The van der Waals surface area contributed by atoms with Crippen molar-refractivity contribution in [3.8, 4) is 17.3 Å². The largest absolute Gasteiger partial charge is 0.480 e. The van der Waals surface area contributed by atoms with Crippen LogP contribution in [0, 0.1) is 6.92 Å². The Labute approximate surface area is 138 Å². The lowest BCUT2D eigenvalue weighted by Crippen LogP contribution is -2.26. The molecule has 122 valence electrons. The first-order valence-electron chi connectivity index (χ1n) is 7.27. The van der Waals surface area contributed by atoms with E-state index in [1.54, 1.807) is 56.6 Å². The van der Waals surface area contributed by atoms with E-state index in [1.807, 2.05) is 0 Å². The summed E-state index contributed by atoms with van der Waals surface area (Å²) in [7, 11) is 3.20. The van der Waals surface area contributed by atoms with Gasteiger partial charge in [0.1, 0.15) is 5.69 Å². The van der Waals surface area contributed by atoms with E-state index >= 15 is 0 Å². The molecule has 0 saturated heterocycles. The molecular formula is C17H16N4O3. The van der Waals surface area contributed by atoms with Gasteiger partial charge in [-0.05, 0) is 36.4 Å². The van der Waals surface area contributed by atoms with E-state index in [9.17, 15) is 4.79 Å². The molecule has 3 aromatic rings. The van der Waals surface area contributed by atoms with Crippen molar-refractivity contribution in [1.29, 1.82) is 0 Å². The topological polar surface area (TPSA) is 81.4 Å². The Morgan fingerprint density at radius 3 is 2.54 bits per heavy atom. The van der Waals surface area contributed by atoms with Gasteiger partial charge in [0, 0.05) is 31.3 Å². The van der Waals surface area contributed by atoms with Crippen LogP contribution in [0.1, 0.15) is 16.2 Å². The summed E-state index contributed by atoms with van der Waals surface area (Å²) in [5.41, 5.74) is 1.89. The monoisotopic (exact) mass is 324 g/mol. The van der Waals surface area contributed by atoms with Gasteiger partial charge in [-0.15, -0.1) is 10.2 Å². The fourth-order valence-electron chi connectivity index (χ4n) is 2.27. The number of hydrogen-bond donors (Lipinski definition) is 0. The molecule has 2 aromatic heterocycles. The van der Waals surface area contributed by atoms with E-state index in [0.717, 1.165) is 5.56 Å². The Bertz CT molecular complexity index is 858. The molecule has 0 bridgehead atoms. The van der Waals surface area contributed by atoms with Gasteiger partial charge in [-0.25, -0.2) is 4.98 Å². The number of nitrogens with zero attached hydrogens (tertiary/aromatic N) is 4. The lowest BCUT2D eigenvalue weighted by Gasteiger charge is -2.19. The molecule has 3 rings (SSSR count). The van der Waals surface area contributed by atoms with Gasteiger partial charge in [0.25, 0.3) is 5.91 Å². The first kappa shape index (κ1) is 15.7. The number of amides is 1. The number of pyridine rings is 1. The van der Waals surface area contributed by atoms with Crippen molar-refractivity contribution in [1.82, 2.24) is 15.2 Å². The molecule has 0 radical (unpaired) electrons. The minimum absolute atomic E-state index is 0.172. The number of rotatable bonds is 4. The van der Waals surface area contributed by atoms with Crippen molar-refractivity contribution in [2.75, 3.05) is 19.1 Å². The number of hydrogen-bond acceptors (Lipinski definition) is 6. The summed E-state index contributed by atoms with van der Waals surface area (Å²) < 4.78 is 10.6. The predicted molar refractivity (Wildman–Crippen MR) is 88.0 cm³/mol. The van der Waals surface area contributed by atoms with Crippen molar-refractivity contribution < 1.29 is 13.9 Å². The summed E-state index contributed by atoms with van der Waals surface area (Å²) in [5.74, 6) is 1.14. The predicted octanol–water partition coefficient (Wildman–Crippen LogP) is 2.73. The molecule has 1 amide bonds. The van der Waals surface area contributed by atoms with Crippen molar-refractivity contribution >= 4 is 11.6 Å². The lowest BCUT2D eigenvalue weighted by molar-refractivity contribution is 0.0992. The van der Waals surface area contributed by atoms with Crippen LogP contribution in [0.15, 0.2) is 47.0 Å². The number of aromatic nitrogens is 3. The summed E-state index contributed by atoms with van der Waals surface area (Å²) in [6, 6.07) is 10.5. The fourth-order valence-corrected chi connectivity index (χ4v) is 2.27. The number of benzene rings is 1. The third kappa shape index (κ3) is 2.96. The third-order valence-electron chi connectivity index (χ3n) is 3.52. The summed E-state index contributed by atoms with van der Waals surface area (Å²) in [6.07, 6.45) is 1.61. The number of anilines is 1. The van der Waals surface area contributed by atoms with E-state index in [1.165, 1.54) is 12.0 Å². The Morgan fingerprint density at radius 2 is 1.92 bits per heavy atom. The fraction of sp³-hybridized carbons (Fsp3) is 0.176. The van der Waals surface area contributed by atoms with E-state index in [2.05, 4.69) is 15.2 Å². The van der Waals surface area contributed by atoms with Crippen LogP contribution in [0.2, 0.25) is 0 Å². The summed E-state index contributed by atoms with van der Waals surface area (Å²) in [5, 5.41) is 7.75. The maximum Gasteiger partial charge on any atom is 0.258 e. The van der Waals surface area contributed by atoms with Gasteiger partial charge in [0.05, 0.1) is 7.11 Å². The normalized spacial score (nSPS) is 10.5. The molecule has 7 nitrogen and oxygen atoms in total. The maximum absolute atomic E-state index is 12.7. The molecule has 0 aliphatic rings. The first-order chi connectivity index (χ1) is 11.6. The zero-order chi connectivity index (χ0) is 17.1. The first-order valence-corrected chi connectivity index (χ1v) is 7.27. The van der Waals surface area contributed by atoms with Crippen LogP contribution >= 0.6 is 0 Å². The molecule has 0 atom stereocenters. The van der Waals surface area contributed by atoms with Crippen LogP contribution in [-0.4, -0.2) is 35.2 Å². The molecule has 2 heterocycles. The number of methoxy groups -OCH3 is 1. The van der Waals surface area contributed by atoms with Gasteiger partial charge in [0.2, 0.25) is 17.7 Å².